The minimum Gasteiger partial charge on any atom is -0.345 e. The first-order chi connectivity index (χ1) is 11.5. The predicted molar refractivity (Wildman–Crippen MR) is 101 cm³/mol. The Morgan fingerprint density at radius 2 is 1.92 bits per heavy atom. The van der Waals surface area contributed by atoms with Crippen molar-refractivity contribution in [3.05, 3.63) is 23.3 Å². The molecule has 24 heavy (non-hydrogen) atoms. The highest BCUT2D eigenvalue weighted by molar-refractivity contribution is 8.14. The van der Waals surface area contributed by atoms with Crippen LogP contribution in [0.2, 0.25) is 0 Å². The number of piperazine rings is 1. The summed E-state index contributed by atoms with van der Waals surface area (Å²) >= 11 is 2.80. The molecule has 128 valence electrons. The summed E-state index contributed by atoms with van der Waals surface area (Å²) in [5.74, 6) is 0.292. The van der Waals surface area contributed by atoms with E-state index in [1.54, 1.807) is 11.3 Å². The van der Waals surface area contributed by atoms with E-state index in [1.165, 1.54) is 22.8 Å². The summed E-state index contributed by atoms with van der Waals surface area (Å²) in [4.78, 5) is 32.0. The molecule has 1 aromatic heterocycles. The molecule has 1 saturated heterocycles. The van der Waals surface area contributed by atoms with Crippen LogP contribution in [0.1, 0.15) is 18.1 Å². The summed E-state index contributed by atoms with van der Waals surface area (Å²) in [7, 11) is 0. The fourth-order valence-corrected chi connectivity index (χ4v) is 4.34. The number of amides is 1. The number of anilines is 1. The number of aryl methyl sites for hydroxylation is 2. The summed E-state index contributed by atoms with van der Waals surface area (Å²) in [5.41, 5.74) is 3.59. The first-order valence-electron chi connectivity index (χ1n) is 7.98. The van der Waals surface area contributed by atoms with Gasteiger partial charge in [-0.05, 0) is 31.0 Å². The van der Waals surface area contributed by atoms with Crippen molar-refractivity contribution in [2.24, 2.45) is 0 Å². The van der Waals surface area contributed by atoms with Crippen LogP contribution in [0.5, 0.6) is 0 Å². The Morgan fingerprint density at radius 1 is 1.21 bits per heavy atom. The lowest BCUT2D eigenvalue weighted by Crippen LogP contribution is -2.49. The Balaban J connectivity index is 1.65. The molecule has 0 spiro atoms. The molecule has 7 heteroatoms. The second-order valence-corrected chi connectivity index (χ2v) is 8.16. The first-order valence-corrected chi connectivity index (χ1v) is 9.78. The third-order valence-corrected chi connectivity index (χ3v) is 6.25. The third-order valence-electron chi connectivity index (χ3n) is 4.38. The van der Waals surface area contributed by atoms with Crippen LogP contribution in [0.4, 0.5) is 5.13 Å². The van der Waals surface area contributed by atoms with Crippen LogP contribution in [0.15, 0.2) is 12.1 Å². The molecule has 1 aromatic carbocycles. The number of benzene rings is 1. The minimum absolute atomic E-state index is 0.0119. The zero-order valence-corrected chi connectivity index (χ0v) is 15.8. The fourth-order valence-electron chi connectivity index (χ4n) is 2.75. The van der Waals surface area contributed by atoms with Crippen molar-refractivity contribution in [2.75, 3.05) is 36.8 Å². The molecule has 0 radical (unpaired) electrons. The zero-order valence-electron chi connectivity index (χ0n) is 14.2. The molecule has 2 aromatic rings. The van der Waals surface area contributed by atoms with E-state index in [-0.39, 0.29) is 16.8 Å². The molecular formula is C17H21N3O2S2. The molecule has 1 aliphatic heterocycles. The number of thioether (sulfide) groups is 1. The zero-order chi connectivity index (χ0) is 17.3. The molecule has 0 bridgehead atoms. The van der Waals surface area contributed by atoms with Crippen LogP contribution in [-0.2, 0) is 9.59 Å². The van der Waals surface area contributed by atoms with E-state index in [1.807, 2.05) is 4.90 Å². The number of rotatable bonds is 3. The summed E-state index contributed by atoms with van der Waals surface area (Å²) in [6.07, 6.45) is 0. The second kappa shape index (κ2) is 7.11. The summed E-state index contributed by atoms with van der Waals surface area (Å²) in [6.45, 7) is 8.66. The van der Waals surface area contributed by atoms with E-state index in [0.717, 1.165) is 35.5 Å². The van der Waals surface area contributed by atoms with Gasteiger partial charge in [-0.15, -0.1) is 0 Å². The van der Waals surface area contributed by atoms with Gasteiger partial charge in [-0.3, -0.25) is 9.59 Å². The largest absolute Gasteiger partial charge is 0.345 e. The van der Waals surface area contributed by atoms with Crippen LogP contribution in [0, 0.1) is 13.8 Å². The van der Waals surface area contributed by atoms with Gasteiger partial charge in [0.25, 0.3) is 0 Å². The SMILES string of the molecule is CC(=O)SCC(=O)N1CCN(c2nc3c(C)c(C)ccc3s2)CC1. The highest BCUT2D eigenvalue weighted by Crippen LogP contribution is 2.32. The van der Waals surface area contributed by atoms with Gasteiger partial charge >= 0.3 is 0 Å². The molecule has 1 amide bonds. The number of fused-ring (bicyclic) bond motifs is 1. The minimum atomic E-state index is -0.0119. The Kier molecular flexibility index (Phi) is 5.10. The third kappa shape index (κ3) is 3.57. The van der Waals surface area contributed by atoms with Gasteiger partial charge in [0.15, 0.2) is 10.2 Å². The molecule has 2 heterocycles. The monoisotopic (exact) mass is 363 g/mol. The smallest absolute Gasteiger partial charge is 0.233 e. The van der Waals surface area contributed by atoms with Gasteiger partial charge in [0.1, 0.15) is 0 Å². The fraction of sp³-hybridized carbons (Fsp3) is 0.471. The van der Waals surface area contributed by atoms with Crippen LogP contribution >= 0.6 is 23.1 Å². The number of thiazole rings is 1. The molecule has 0 aliphatic carbocycles. The average molecular weight is 364 g/mol. The molecule has 3 rings (SSSR count). The number of nitrogens with zero attached hydrogens (tertiary/aromatic N) is 3. The number of carbonyl (C=O) groups is 2. The molecule has 0 saturated carbocycles. The summed E-state index contributed by atoms with van der Waals surface area (Å²) < 4.78 is 1.21. The highest BCUT2D eigenvalue weighted by Gasteiger charge is 2.23. The summed E-state index contributed by atoms with van der Waals surface area (Å²) in [5, 5.41) is 1.02. The Labute approximate surface area is 150 Å². The quantitative estimate of drug-likeness (QED) is 0.839. The molecular weight excluding hydrogens is 342 g/mol. The second-order valence-electron chi connectivity index (χ2n) is 6.00. The Hall–Kier alpha value is -1.60. The maximum absolute atomic E-state index is 12.1. The molecule has 1 fully saturated rings. The standard InChI is InChI=1S/C17H21N3O2S2/c1-11-4-5-14-16(12(11)2)18-17(24-14)20-8-6-19(7-9-20)15(22)10-23-13(3)21/h4-5H,6-10H2,1-3H3. The van der Waals surface area contributed by atoms with Crippen molar-refractivity contribution in [3.63, 3.8) is 0 Å². The number of carbonyl (C=O) groups excluding carboxylic acids is 2. The van der Waals surface area contributed by atoms with Crippen molar-refractivity contribution < 1.29 is 9.59 Å². The van der Waals surface area contributed by atoms with Crippen LogP contribution in [0.25, 0.3) is 10.2 Å². The van der Waals surface area contributed by atoms with Gasteiger partial charge in [0.05, 0.1) is 16.0 Å². The molecule has 0 N–H and O–H groups in total. The molecule has 5 nitrogen and oxygen atoms in total. The van der Waals surface area contributed by atoms with Gasteiger partial charge in [0.2, 0.25) is 5.91 Å². The van der Waals surface area contributed by atoms with Crippen molar-refractivity contribution in [1.29, 1.82) is 0 Å². The van der Waals surface area contributed by atoms with Gasteiger partial charge in [-0.2, -0.15) is 0 Å². The van der Waals surface area contributed by atoms with Crippen molar-refractivity contribution in [3.8, 4) is 0 Å². The lowest BCUT2D eigenvalue weighted by Gasteiger charge is -2.34. The van der Waals surface area contributed by atoms with Gasteiger partial charge in [0, 0.05) is 33.1 Å². The van der Waals surface area contributed by atoms with E-state index >= 15 is 0 Å². The van der Waals surface area contributed by atoms with E-state index in [2.05, 4.69) is 30.9 Å². The van der Waals surface area contributed by atoms with Crippen molar-refractivity contribution in [1.82, 2.24) is 9.88 Å². The van der Waals surface area contributed by atoms with Crippen LogP contribution in [0.3, 0.4) is 0 Å². The highest BCUT2D eigenvalue weighted by atomic mass is 32.2. The number of hydrogen-bond donors (Lipinski definition) is 0. The van der Waals surface area contributed by atoms with E-state index < -0.39 is 0 Å². The van der Waals surface area contributed by atoms with Crippen molar-refractivity contribution >= 4 is 49.5 Å². The van der Waals surface area contributed by atoms with Gasteiger partial charge < -0.3 is 9.80 Å². The van der Waals surface area contributed by atoms with Gasteiger partial charge in [-0.25, -0.2) is 4.98 Å². The lowest BCUT2D eigenvalue weighted by atomic mass is 10.1. The van der Waals surface area contributed by atoms with Crippen LogP contribution in [-0.4, -0.2) is 52.8 Å². The first kappa shape index (κ1) is 17.2. The maximum Gasteiger partial charge on any atom is 0.233 e. The number of hydrogen-bond acceptors (Lipinski definition) is 6. The lowest BCUT2D eigenvalue weighted by molar-refractivity contribution is -0.128. The topological polar surface area (TPSA) is 53.5 Å². The van der Waals surface area contributed by atoms with Crippen LogP contribution < -0.4 is 4.90 Å². The van der Waals surface area contributed by atoms with Gasteiger partial charge in [-0.1, -0.05) is 29.2 Å². The average Bonchev–Trinajstić information content (AvgIpc) is 3.01. The summed E-state index contributed by atoms with van der Waals surface area (Å²) in [6, 6.07) is 4.28. The molecule has 0 unspecified atom stereocenters. The van der Waals surface area contributed by atoms with E-state index in [9.17, 15) is 9.59 Å². The Bertz CT molecular complexity index is 779. The Morgan fingerprint density at radius 3 is 2.58 bits per heavy atom. The van der Waals surface area contributed by atoms with E-state index in [0.29, 0.717) is 13.1 Å². The molecule has 1 aliphatic rings. The van der Waals surface area contributed by atoms with E-state index in [4.69, 9.17) is 4.98 Å². The number of aromatic nitrogens is 1. The maximum atomic E-state index is 12.1. The molecule has 0 atom stereocenters. The predicted octanol–water partition coefficient (Wildman–Crippen LogP) is 2.84. The normalized spacial score (nSPS) is 15.1. The van der Waals surface area contributed by atoms with Crippen molar-refractivity contribution in [2.45, 2.75) is 20.8 Å².